The molecule has 190 valence electrons. The topological polar surface area (TPSA) is 71.8 Å². The van der Waals surface area contributed by atoms with Gasteiger partial charge in [0.25, 0.3) is 5.91 Å². The van der Waals surface area contributed by atoms with Crippen molar-refractivity contribution >= 4 is 28.5 Å². The zero-order valence-electron chi connectivity index (χ0n) is 21.5. The number of ether oxygens (including phenoxy) is 1. The van der Waals surface area contributed by atoms with Crippen molar-refractivity contribution in [1.29, 1.82) is 0 Å². The van der Waals surface area contributed by atoms with Crippen molar-refractivity contribution in [2.45, 2.75) is 46.1 Å². The van der Waals surface area contributed by atoms with E-state index < -0.39 is 5.97 Å². The quantitative estimate of drug-likeness (QED) is 0.334. The molecule has 1 aliphatic heterocycles. The van der Waals surface area contributed by atoms with Crippen LogP contribution in [0.2, 0.25) is 0 Å². The molecule has 6 nitrogen and oxygen atoms in total. The van der Waals surface area contributed by atoms with E-state index in [0.29, 0.717) is 23.4 Å². The molecule has 5 rings (SSSR count). The normalized spacial score (nSPS) is 14.7. The van der Waals surface area contributed by atoms with Crippen molar-refractivity contribution < 1.29 is 19.4 Å². The molecule has 6 heteroatoms. The van der Waals surface area contributed by atoms with Crippen LogP contribution >= 0.6 is 0 Å². The lowest BCUT2D eigenvalue weighted by atomic mass is 10.1. The number of rotatable bonds is 8. The highest BCUT2D eigenvalue weighted by atomic mass is 16.5. The molecular formula is C31H32N2O4. The van der Waals surface area contributed by atoms with E-state index in [1.165, 1.54) is 11.3 Å². The first kappa shape index (κ1) is 24.6. The second-order valence-electron chi connectivity index (χ2n) is 9.76. The maximum absolute atomic E-state index is 13.7. The summed E-state index contributed by atoms with van der Waals surface area (Å²) in [5.41, 5.74) is 6.09. The van der Waals surface area contributed by atoms with E-state index in [1.807, 2.05) is 56.3 Å². The molecule has 1 N–H and O–H groups in total. The van der Waals surface area contributed by atoms with Gasteiger partial charge in [0.1, 0.15) is 12.4 Å². The summed E-state index contributed by atoms with van der Waals surface area (Å²) < 4.78 is 7.87. The van der Waals surface area contributed by atoms with Gasteiger partial charge < -0.3 is 14.7 Å². The lowest BCUT2D eigenvalue weighted by Gasteiger charge is -2.27. The maximum Gasteiger partial charge on any atom is 0.307 e. The molecule has 0 amide bonds. The monoisotopic (exact) mass is 496 g/mol. The van der Waals surface area contributed by atoms with Crippen LogP contribution < -0.4 is 9.64 Å². The highest BCUT2D eigenvalue weighted by Gasteiger charge is 2.29. The lowest BCUT2D eigenvalue weighted by molar-refractivity contribution is -0.136. The lowest BCUT2D eigenvalue weighted by Crippen LogP contribution is -2.37. The molecule has 0 spiro atoms. The smallest absolute Gasteiger partial charge is 0.307 e. The van der Waals surface area contributed by atoms with Gasteiger partial charge in [-0.15, -0.1) is 0 Å². The van der Waals surface area contributed by atoms with Crippen LogP contribution in [0.15, 0.2) is 66.7 Å². The molecule has 0 aliphatic carbocycles. The number of fused-ring (bicyclic) bond motifs is 2. The molecule has 0 saturated carbocycles. The molecule has 0 unspecified atom stereocenters. The molecule has 1 aliphatic rings. The molecule has 4 aromatic rings. The van der Waals surface area contributed by atoms with Crippen LogP contribution in [0.3, 0.4) is 0 Å². The number of hydrogen-bond donors (Lipinski definition) is 1. The summed E-state index contributed by atoms with van der Waals surface area (Å²) in [7, 11) is 0. The first-order valence-electron chi connectivity index (χ1n) is 12.8. The van der Waals surface area contributed by atoms with Crippen molar-refractivity contribution in [3.05, 3.63) is 94.7 Å². The molecule has 0 fully saturated rings. The highest BCUT2D eigenvalue weighted by Crippen LogP contribution is 2.33. The predicted molar refractivity (Wildman–Crippen MR) is 146 cm³/mol. The van der Waals surface area contributed by atoms with Crippen LogP contribution in [0.4, 0.5) is 5.69 Å². The van der Waals surface area contributed by atoms with Crippen molar-refractivity contribution in [2.24, 2.45) is 0 Å². The summed E-state index contributed by atoms with van der Waals surface area (Å²) in [6.45, 7) is 7.48. The summed E-state index contributed by atoms with van der Waals surface area (Å²) in [6.07, 6.45) is 1.91. The van der Waals surface area contributed by atoms with E-state index in [9.17, 15) is 14.7 Å². The zero-order chi connectivity index (χ0) is 26.1. The number of nitrogens with zero attached hydrogens (tertiary/aromatic N) is 2. The largest absolute Gasteiger partial charge is 0.491 e. The Bertz CT molecular complexity index is 1490. The Morgan fingerprint density at radius 3 is 2.54 bits per heavy atom. The summed E-state index contributed by atoms with van der Waals surface area (Å²) in [6, 6.07) is 21.9. The number of hydrogen-bond acceptors (Lipinski definition) is 4. The van der Waals surface area contributed by atoms with Crippen LogP contribution in [0.5, 0.6) is 5.75 Å². The molecule has 3 aromatic carbocycles. The van der Waals surface area contributed by atoms with Gasteiger partial charge in [0.2, 0.25) is 0 Å². The van der Waals surface area contributed by atoms with E-state index in [1.54, 1.807) is 4.57 Å². The molecule has 0 bridgehead atoms. The second-order valence-corrected chi connectivity index (χ2v) is 9.76. The van der Waals surface area contributed by atoms with Crippen LogP contribution in [-0.2, 0) is 17.6 Å². The average molecular weight is 497 g/mol. The maximum atomic E-state index is 13.7. The van der Waals surface area contributed by atoms with Gasteiger partial charge in [0.15, 0.2) is 0 Å². The minimum Gasteiger partial charge on any atom is -0.491 e. The Balaban J connectivity index is 1.37. The first-order valence-corrected chi connectivity index (χ1v) is 12.8. The summed E-state index contributed by atoms with van der Waals surface area (Å²) in [5.74, 6) is -0.351. The summed E-state index contributed by atoms with van der Waals surface area (Å²) >= 11 is 0. The van der Waals surface area contributed by atoms with E-state index in [-0.39, 0.29) is 18.4 Å². The number of carboxylic acid groups (broad SMARTS) is 1. The van der Waals surface area contributed by atoms with E-state index in [4.69, 9.17) is 4.74 Å². The summed E-state index contributed by atoms with van der Waals surface area (Å²) in [5, 5.41) is 10.2. The van der Waals surface area contributed by atoms with Gasteiger partial charge in [-0.25, -0.2) is 0 Å². The standard InChI is InChI=1S/C31H32N2O4/c1-4-15-32-23(17-22-9-5-7-11-28(22)32)19-37-24-13-14-25(20(2)16-24)31(36)33-21(3)27(18-30(34)35)26-10-6-8-12-29(26)33/h5-14,16,23H,4,15,17-19H2,1-3H3,(H,34,35)/t23-/m1/s1. The van der Waals surface area contributed by atoms with Crippen LogP contribution in [0, 0.1) is 13.8 Å². The molecule has 1 aromatic heterocycles. The number of carboxylic acids is 1. The number of carbonyl (C=O) groups is 2. The minimum atomic E-state index is -0.918. The number of aliphatic carboxylic acids is 1. The van der Waals surface area contributed by atoms with Gasteiger partial charge in [-0.3, -0.25) is 14.2 Å². The third-order valence-corrected chi connectivity index (χ3v) is 7.31. The van der Waals surface area contributed by atoms with E-state index in [2.05, 4.69) is 36.1 Å². The van der Waals surface area contributed by atoms with Crippen molar-refractivity contribution in [3.8, 4) is 5.75 Å². The minimum absolute atomic E-state index is 0.127. The summed E-state index contributed by atoms with van der Waals surface area (Å²) in [4.78, 5) is 27.6. The number of aryl methyl sites for hydroxylation is 1. The molecule has 1 atom stereocenters. The fraction of sp³-hybridized carbons (Fsp3) is 0.290. The number of carbonyl (C=O) groups excluding carboxylic acids is 1. The van der Waals surface area contributed by atoms with Crippen LogP contribution in [0.1, 0.15) is 46.1 Å². The number of aromatic nitrogens is 1. The third kappa shape index (κ3) is 4.59. The van der Waals surface area contributed by atoms with E-state index in [0.717, 1.165) is 41.6 Å². The number of benzene rings is 3. The van der Waals surface area contributed by atoms with Crippen LogP contribution in [-0.4, -0.2) is 40.7 Å². The van der Waals surface area contributed by atoms with Gasteiger partial charge in [0, 0.05) is 28.9 Å². The Labute approximate surface area is 217 Å². The number of anilines is 1. The molecule has 0 saturated heterocycles. The first-order chi connectivity index (χ1) is 17.9. The van der Waals surface area contributed by atoms with Gasteiger partial charge in [-0.05, 0) is 73.7 Å². The fourth-order valence-corrected chi connectivity index (χ4v) is 5.57. The molecular weight excluding hydrogens is 464 g/mol. The Morgan fingerprint density at radius 1 is 1.03 bits per heavy atom. The highest BCUT2D eigenvalue weighted by molar-refractivity contribution is 6.05. The predicted octanol–water partition coefficient (Wildman–Crippen LogP) is 5.79. The van der Waals surface area contributed by atoms with Crippen molar-refractivity contribution in [3.63, 3.8) is 0 Å². The zero-order valence-corrected chi connectivity index (χ0v) is 21.5. The van der Waals surface area contributed by atoms with Gasteiger partial charge >= 0.3 is 5.97 Å². The fourth-order valence-electron chi connectivity index (χ4n) is 5.57. The van der Waals surface area contributed by atoms with E-state index >= 15 is 0 Å². The van der Waals surface area contributed by atoms with Gasteiger partial charge in [0.05, 0.1) is 18.0 Å². The Hall–Kier alpha value is -4.06. The molecule has 0 radical (unpaired) electrons. The Kier molecular flexibility index (Phi) is 6.74. The van der Waals surface area contributed by atoms with Crippen molar-refractivity contribution in [1.82, 2.24) is 4.57 Å². The van der Waals surface area contributed by atoms with Gasteiger partial charge in [-0.1, -0.05) is 43.3 Å². The SMILES string of the molecule is CCCN1c2ccccc2C[C@@H]1COc1ccc(C(=O)n2c(C)c(CC(=O)O)c3ccccc32)c(C)c1. The number of para-hydroxylation sites is 2. The molecule has 2 heterocycles. The van der Waals surface area contributed by atoms with Gasteiger partial charge in [-0.2, -0.15) is 0 Å². The Morgan fingerprint density at radius 2 is 1.78 bits per heavy atom. The third-order valence-electron chi connectivity index (χ3n) is 7.31. The average Bonchev–Trinajstić information content (AvgIpc) is 3.37. The second kappa shape index (κ2) is 10.1. The van der Waals surface area contributed by atoms with Crippen LogP contribution in [0.25, 0.3) is 10.9 Å². The van der Waals surface area contributed by atoms with Crippen molar-refractivity contribution in [2.75, 3.05) is 18.1 Å². The molecule has 37 heavy (non-hydrogen) atoms.